The van der Waals surface area contributed by atoms with Crippen LogP contribution in [0.1, 0.15) is 47.0 Å². The number of hydrogen-bond donors (Lipinski definition) is 7. The minimum atomic E-state index is -2.14. The molecular weight excluding hydrogens is 368 g/mol. The van der Waals surface area contributed by atoms with E-state index in [9.17, 15) is 35.7 Å². The van der Waals surface area contributed by atoms with Crippen LogP contribution in [0.5, 0.6) is 0 Å². The molecule has 6 aliphatic rings. The third kappa shape index (κ3) is 1.23. The van der Waals surface area contributed by atoms with E-state index in [1.807, 2.05) is 0 Å². The van der Waals surface area contributed by atoms with Gasteiger partial charge in [0, 0.05) is 17.8 Å². The normalized spacial score (nSPS) is 69.4. The molecule has 160 valence electrons. The first-order valence-electron chi connectivity index (χ1n) is 10.3. The molecule has 6 rings (SSSR count). The summed E-state index contributed by atoms with van der Waals surface area (Å²) in [6, 6.07) is 0. The molecule has 2 saturated heterocycles. The third-order valence-electron chi connectivity index (χ3n) is 10.1. The monoisotopic (exact) mass is 400 g/mol. The van der Waals surface area contributed by atoms with Gasteiger partial charge in [-0.2, -0.15) is 0 Å². The van der Waals surface area contributed by atoms with Gasteiger partial charge in [0.25, 0.3) is 0 Å². The summed E-state index contributed by atoms with van der Waals surface area (Å²) < 4.78 is 6.10. The van der Waals surface area contributed by atoms with Crippen molar-refractivity contribution in [3.63, 3.8) is 0 Å². The Labute approximate surface area is 163 Å². The van der Waals surface area contributed by atoms with Crippen LogP contribution in [0.3, 0.4) is 0 Å². The zero-order valence-corrected chi connectivity index (χ0v) is 16.8. The standard InChI is InChI=1S/C20H32O8/c1-9(2)18(26)13(23)11-15(8-21)7-17(25)14(18,4)19(11,27)20(28-17)12(22)10(3)5-6-16(15,20)24/h9-13,21-27H,5-8H2,1-4H3/t10-,11-,12+,13-,14-,15-,16-,17-,18+,19-,20+/m0/s1. The average molecular weight is 400 g/mol. The highest BCUT2D eigenvalue weighted by molar-refractivity contribution is 5.51. The average Bonchev–Trinajstić information content (AvgIpc) is 2.88. The van der Waals surface area contributed by atoms with Crippen molar-refractivity contribution in [3.8, 4) is 0 Å². The molecule has 6 bridgehead atoms. The summed E-state index contributed by atoms with van der Waals surface area (Å²) in [4.78, 5) is 0. The van der Waals surface area contributed by atoms with E-state index < -0.39 is 69.7 Å². The van der Waals surface area contributed by atoms with Crippen LogP contribution in [0.25, 0.3) is 0 Å². The van der Waals surface area contributed by atoms with Crippen molar-refractivity contribution in [2.24, 2.45) is 28.6 Å². The number of ether oxygens (including phenoxy) is 1. The van der Waals surface area contributed by atoms with E-state index in [0.717, 1.165) is 0 Å². The van der Waals surface area contributed by atoms with Crippen LogP contribution in [0.15, 0.2) is 0 Å². The number of aliphatic hydroxyl groups is 7. The van der Waals surface area contributed by atoms with Gasteiger partial charge in [0.05, 0.1) is 24.2 Å². The molecule has 0 aromatic heterocycles. The topological polar surface area (TPSA) is 151 Å². The minimum Gasteiger partial charge on any atom is -0.396 e. The lowest BCUT2D eigenvalue weighted by atomic mass is 9.54. The highest BCUT2D eigenvalue weighted by atomic mass is 16.7. The zero-order valence-electron chi connectivity index (χ0n) is 16.8. The van der Waals surface area contributed by atoms with Crippen LogP contribution < -0.4 is 0 Å². The molecule has 0 aromatic carbocycles. The molecule has 0 unspecified atom stereocenters. The fourth-order valence-electron chi connectivity index (χ4n) is 8.84. The Morgan fingerprint density at radius 3 is 2.21 bits per heavy atom. The van der Waals surface area contributed by atoms with Gasteiger partial charge in [0.15, 0.2) is 11.4 Å². The molecule has 4 saturated carbocycles. The summed E-state index contributed by atoms with van der Waals surface area (Å²) in [6.45, 7) is 6.00. The Bertz CT molecular complexity index is 760. The summed E-state index contributed by atoms with van der Waals surface area (Å²) in [5, 5.41) is 80.9. The maximum atomic E-state index is 12.3. The lowest BCUT2D eigenvalue weighted by molar-refractivity contribution is -0.390. The van der Waals surface area contributed by atoms with E-state index in [0.29, 0.717) is 6.42 Å². The SMILES string of the molecule is CC(C)[C@@]1(O)[C@@H](O)[C@H]2[C@@]3(CO)C[C@]4(O)O[C@@]5([C@H](O)[C@@H](C)CC[C@]35O)[C@@]2(O)[C@]14C. The predicted octanol–water partition coefficient (Wildman–Crippen LogP) is -1.52. The largest absolute Gasteiger partial charge is 0.396 e. The van der Waals surface area contributed by atoms with Crippen molar-refractivity contribution in [2.75, 3.05) is 6.61 Å². The van der Waals surface area contributed by atoms with Crippen LogP contribution in [0.2, 0.25) is 0 Å². The molecule has 11 atom stereocenters. The van der Waals surface area contributed by atoms with Gasteiger partial charge in [-0.25, -0.2) is 0 Å². The van der Waals surface area contributed by atoms with Crippen molar-refractivity contribution in [3.05, 3.63) is 0 Å². The molecule has 0 aromatic rings. The lowest BCUT2D eigenvalue weighted by Crippen LogP contribution is -2.75. The number of rotatable bonds is 2. The summed E-state index contributed by atoms with van der Waals surface area (Å²) in [5.74, 6) is -4.24. The highest BCUT2D eigenvalue weighted by Gasteiger charge is 3.05. The Morgan fingerprint density at radius 1 is 1.07 bits per heavy atom. The second-order valence-corrected chi connectivity index (χ2v) is 10.7. The molecular formula is C20H32O8. The zero-order chi connectivity index (χ0) is 20.9. The first-order valence-corrected chi connectivity index (χ1v) is 10.3. The fourth-order valence-corrected chi connectivity index (χ4v) is 8.84. The van der Waals surface area contributed by atoms with E-state index in [4.69, 9.17) is 4.74 Å². The van der Waals surface area contributed by atoms with Crippen LogP contribution in [-0.2, 0) is 4.74 Å². The van der Waals surface area contributed by atoms with Gasteiger partial charge < -0.3 is 40.5 Å². The quantitative estimate of drug-likeness (QED) is 0.295. The third-order valence-corrected chi connectivity index (χ3v) is 10.1. The van der Waals surface area contributed by atoms with Gasteiger partial charge in [-0.1, -0.05) is 20.8 Å². The highest BCUT2D eigenvalue weighted by Crippen LogP contribution is 2.89. The minimum absolute atomic E-state index is 0.142. The molecule has 8 nitrogen and oxygen atoms in total. The Balaban J connectivity index is 1.93. The van der Waals surface area contributed by atoms with Crippen molar-refractivity contribution in [1.29, 1.82) is 0 Å². The molecule has 1 spiro atoms. The van der Waals surface area contributed by atoms with Crippen LogP contribution in [-0.4, -0.2) is 82.8 Å². The maximum absolute atomic E-state index is 12.3. The van der Waals surface area contributed by atoms with Gasteiger partial charge in [-0.05, 0) is 31.6 Å². The Kier molecular flexibility index (Phi) is 3.24. The van der Waals surface area contributed by atoms with Gasteiger partial charge in [0.1, 0.15) is 16.8 Å². The first kappa shape index (κ1) is 19.6. The van der Waals surface area contributed by atoms with Crippen molar-refractivity contribution >= 4 is 0 Å². The van der Waals surface area contributed by atoms with E-state index in [1.165, 1.54) is 6.92 Å². The first-order chi connectivity index (χ1) is 12.7. The second-order valence-electron chi connectivity index (χ2n) is 10.7. The van der Waals surface area contributed by atoms with Gasteiger partial charge >= 0.3 is 0 Å². The Morgan fingerprint density at radius 2 is 1.68 bits per heavy atom. The van der Waals surface area contributed by atoms with Crippen LogP contribution in [0, 0.1) is 28.6 Å². The number of hydrogen-bond acceptors (Lipinski definition) is 8. The van der Waals surface area contributed by atoms with Crippen molar-refractivity contribution in [2.45, 2.75) is 87.4 Å². The van der Waals surface area contributed by atoms with Gasteiger partial charge in [-0.3, -0.25) is 0 Å². The fraction of sp³-hybridized carbons (Fsp3) is 1.00. The molecule has 7 N–H and O–H groups in total. The molecule has 8 heteroatoms. The summed E-state index contributed by atoms with van der Waals surface area (Å²) in [7, 11) is 0. The molecule has 4 aliphatic carbocycles. The summed E-state index contributed by atoms with van der Waals surface area (Å²) in [6.07, 6.45) is -2.54. The predicted molar refractivity (Wildman–Crippen MR) is 94.6 cm³/mol. The van der Waals surface area contributed by atoms with E-state index in [2.05, 4.69) is 0 Å². The maximum Gasteiger partial charge on any atom is 0.178 e. The lowest BCUT2D eigenvalue weighted by Gasteiger charge is -2.60. The smallest absolute Gasteiger partial charge is 0.178 e. The van der Waals surface area contributed by atoms with E-state index >= 15 is 0 Å². The molecule has 6 fully saturated rings. The summed E-state index contributed by atoms with van der Waals surface area (Å²) in [5.41, 5.74) is -11.3. The Hall–Kier alpha value is -0.320. The molecule has 28 heavy (non-hydrogen) atoms. The van der Waals surface area contributed by atoms with Crippen LogP contribution >= 0.6 is 0 Å². The van der Waals surface area contributed by atoms with E-state index in [-0.39, 0.29) is 18.8 Å². The van der Waals surface area contributed by atoms with E-state index in [1.54, 1.807) is 20.8 Å². The summed E-state index contributed by atoms with van der Waals surface area (Å²) >= 11 is 0. The van der Waals surface area contributed by atoms with Crippen LogP contribution in [0.4, 0.5) is 0 Å². The van der Waals surface area contributed by atoms with Gasteiger partial charge in [-0.15, -0.1) is 0 Å². The van der Waals surface area contributed by atoms with Crippen molar-refractivity contribution < 1.29 is 40.5 Å². The van der Waals surface area contributed by atoms with Crippen molar-refractivity contribution in [1.82, 2.24) is 0 Å². The second kappa shape index (κ2) is 4.62. The van der Waals surface area contributed by atoms with Gasteiger partial charge in [0.2, 0.25) is 0 Å². The molecule has 0 amide bonds. The molecule has 0 radical (unpaired) electrons. The molecule has 2 heterocycles. The number of aliphatic hydroxyl groups excluding tert-OH is 3. The molecule has 2 aliphatic heterocycles.